The second kappa shape index (κ2) is 5.39. The summed E-state index contributed by atoms with van der Waals surface area (Å²) in [6.45, 7) is 4.29. The Morgan fingerprint density at radius 1 is 1.28 bits per heavy atom. The molecule has 0 aliphatic heterocycles. The first-order valence-electron chi connectivity index (χ1n) is 6.72. The summed E-state index contributed by atoms with van der Waals surface area (Å²) in [5, 5.41) is 9.18. The SMILES string of the molecule is Cc1ccc(C#N)c(N(C)C2CCC(C)CC2)n1. The van der Waals surface area contributed by atoms with Crippen LogP contribution in [0.15, 0.2) is 12.1 Å². The molecule has 0 spiro atoms. The number of aryl methyl sites for hydroxylation is 1. The van der Waals surface area contributed by atoms with E-state index in [9.17, 15) is 5.26 Å². The van der Waals surface area contributed by atoms with Gasteiger partial charge in [-0.15, -0.1) is 0 Å². The van der Waals surface area contributed by atoms with E-state index in [1.165, 1.54) is 25.7 Å². The minimum Gasteiger partial charge on any atom is -0.356 e. The molecule has 1 fully saturated rings. The van der Waals surface area contributed by atoms with E-state index >= 15 is 0 Å². The number of hydrogen-bond acceptors (Lipinski definition) is 3. The quantitative estimate of drug-likeness (QED) is 0.800. The highest BCUT2D eigenvalue weighted by Crippen LogP contribution is 2.29. The van der Waals surface area contributed by atoms with Gasteiger partial charge in [0.25, 0.3) is 0 Å². The molecule has 96 valence electrons. The Balaban J connectivity index is 2.20. The van der Waals surface area contributed by atoms with Crippen LogP contribution in [0.1, 0.15) is 43.9 Å². The molecule has 1 aromatic rings. The van der Waals surface area contributed by atoms with Crippen LogP contribution in [0.5, 0.6) is 0 Å². The number of nitriles is 1. The highest BCUT2D eigenvalue weighted by molar-refractivity contribution is 5.54. The lowest BCUT2D eigenvalue weighted by atomic mass is 9.86. The van der Waals surface area contributed by atoms with E-state index < -0.39 is 0 Å². The molecule has 0 bridgehead atoms. The van der Waals surface area contributed by atoms with E-state index in [1.54, 1.807) is 0 Å². The van der Waals surface area contributed by atoms with E-state index in [0.717, 1.165) is 17.4 Å². The topological polar surface area (TPSA) is 39.9 Å². The number of anilines is 1. The first-order valence-corrected chi connectivity index (χ1v) is 6.72. The molecule has 1 aromatic heterocycles. The van der Waals surface area contributed by atoms with Gasteiger partial charge in [0.2, 0.25) is 0 Å². The fraction of sp³-hybridized carbons (Fsp3) is 0.600. The van der Waals surface area contributed by atoms with Gasteiger partial charge in [-0.1, -0.05) is 6.92 Å². The smallest absolute Gasteiger partial charge is 0.146 e. The van der Waals surface area contributed by atoms with E-state index in [-0.39, 0.29) is 0 Å². The maximum absolute atomic E-state index is 9.18. The molecule has 3 nitrogen and oxygen atoms in total. The van der Waals surface area contributed by atoms with Gasteiger partial charge >= 0.3 is 0 Å². The molecule has 0 radical (unpaired) electrons. The highest BCUT2D eigenvalue weighted by atomic mass is 15.2. The lowest BCUT2D eigenvalue weighted by Gasteiger charge is -2.34. The van der Waals surface area contributed by atoms with Crippen molar-refractivity contribution in [1.29, 1.82) is 5.26 Å². The standard InChI is InChI=1S/C15H21N3/c1-11-4-8-14(9-5-11)18(3)15-13(10-16)7-6-12(2)17-15/h6-7,11,14H,4-5,8-9H2,1-3H3. The van der Waals surface area contributed by atoms with Gasteiger partial charge in [0.15, 0.2) is 0 Å². The average Bonchev–Trinajstić information content (AvgIpc) is 2.39. The van der Waals surface area contributed by atoms with E-state index in [4.69, 9.17) is 0 Å². The molecule has 0 aromatic carbocycles. The molecule has 0 amide bonds. The van der Waals surface area contributed by atoms with Crippen molar-refractivity contribution < 1.29 is 0 Å². The maximum atomic E-state index is 9.18. The van der Waals surface area contributed by atoms with Crippen LogP contribution in [0.2, 0.25) is 0 Å². The van der Waals surface area contributed by atoms with Crippen molar-refractivity contribution in [2.45, 2.75) is 45.6 Å². The van der Waals surface area contributed by atoms with Crippen molar-refractivity contribution in [1.82, 2.24) is 4.98 Å². The second-order valence-electron chi connectivity index (χ2n) is 5.46. The van der Waals surface area contributed by atoms with Crippen LogP contribution in [-0.4, -0.2) is 18.1 Å². The molecule has 1 heterocycles. The van der Waals surface area contributed by atoms with Crippen LogP contribution in [0, 0.1) is 24.2 Å². The maximum Gasteiger partial charge on any atom is 0.146 e. The molecule has 0 saturated heterocycles. The Labute approximate surface area is 109 Å². The van der Waals surface area contributed by atoms with E-state index in [0.29, 0.717) is 11.6 Å². The lowest BCUT2D eigenvalue weighted by Crippen LogP contribution is -2.35. The molecule has 1 aliphatic rings. The summed E-state index contributed by atoms with van der Waals surface area (Å²) in [7, 11) is 2.07. The van der Waals surface area contributed by atoms with Crippen LogP contribution in [0.4, 0.5) is 5.82 Å². The van der Waals surface area contributed by atoms with Gasteiger partial charge in [-0.25, -0.2) is 4.98 Å². The van der Waals surface area contributed by atoms with Crippen LogP contribution in [-0.2, 0) is 0 Å². The van der Waals surface area contributed by atoms with Crippen molar-refractivity contribution in [3.8, 4) is 6.07 Å². The molecule has 3 heteroatoms. The van der Waals surface area contributed by atoms with Crippen LogP contribution in [0.3, 0.4) is 0 Å². The summed E-state index contributed by atoms with van der Waals surface area (Å²) < 4.78 is 0. The molecule has 0 unspecified atom stereocenters. The Morgan fingerprint density at radius 2 is 1.94 bits per heavy atom. The number of hydrogen-bond donors (Lipinski definition) is 0. The Kier molecular flexibility index (Phi) is 3.86. The Hall–Kier alpha value is -1.56. The van der Waals surface area contributed by atoms with Crippen molar-refractivity contribution in [2.75, 3.05) is 11.9 Å². The summed E-state index contributed by atoms with van der Waals surface area (Å²) in [5.41, 5.74) is 1.65. The zero-order valence-corrected chi connectivity index (χ0v) is 11.5. The number of aromatic nitrogens is 1. The summed E-state index contributed by atoms with van der Waals surface area (Å²) in [6.07, 6.45) is 4.97. The first-order chi connectivity index (χ1) is 8.61. The molecule has 1 saturated carbocycles. The van der Waals surface area contributed by atoms with Crippen molar-refractivity contribution in [2.24, 2.45) is 5.92 Å². The zero-order chi connectivity index (χ0) is 13.1. The monoisotopic (exact) mass is 243 g/mol. The number of nitrogens with zero attached hydrogens (tertiary/aromatic N) is 3. The van der Waals surface area contributed by atoms with Gasteiger partial charge in [0, 0.05) is 18.8 Å². The number of rotatable bonds is 2. The molecule has 0 atom stereocenters. The summed E-state index contributed by atoms with van der Waals surface area (Å²) in [6, 6.07) is 6.55. The molecule has 2 rings (SSSR count). The van der Waals surface area contributed by atoms with Crippen molar-refractivity contribution in [3.05, 3.63) is 23.4 Å². The molecule has 1 aliphatic carbocycles. The summed E-state index contributed by atoms with van der Waals surface area (Å²) >= 11 is 0. The van der Waals surface area contributed by atoms with Gasteiger partial charge < -0.3 is 4.90 Å². The fourth-order valence-corrected chi connectivity index (χ4v) is 2.70. The van der Waals surface area contributed by atoms with Gasteiger partial charge in [0.05, 0.1) is 5.56 Å². The largest absolute Gasteiger partial charge is 0.356 e. The van der Waals surface area contributed by atoms with E-state index in [2.05, 4.69) is 29.9 Å². The van der Waals surface area contributed by atoms with Gasteiger partial charge in [-0.3, -0.25) is 0 Å². The van der Waals surface area contributed by atoms with Gasteiger partial charge in [-0.05, 0) is 50.7 Å². The highest BCUT2D eigenvalue weighted by Gasteiger charge is 2.24. The molecule has 18 heavy (non-hydrogen) atoms. The normalized spacial score (nSPS) is 23.4. The van der Waals surface area contributed by atoms with Crippen molar-refractivity contribution in [3.63, 3.8) is 0 Å². The predicted molar refractivity (Wildman–Crippen MR) is 73.5 cm³/mol. The Bertz CT molecular complexity index is 453. The summed E-state index contributed by atoms with van der Waals surface area (Å²) in [5.74, 6) is 1.69. The lowest BCUT2D eigenvalue weighted by molar-refractivity contribution is 0.340. The van der Waals surface area contributed by atoms with Gasteiger partial charge in [0.1, 0.15) is 11.9 Å². The van der Waals surface area contributed by atoms with Crippen molar-refractivity contribution >= 4 is 5.82 Å². The third-order valence-electron chi connectivity index (χ3n) is 4.00. The second-order valence-corrected chi connectivity index (χ2v) is 5.46. The molecule has 0 N–H and O–H groups in total. The predicted octanol–water partition coefficient (Wildman–Crippen LogP) is 3.28. The third kappa shape index (κ3) is 2.64. The minimum atomic E-state index is 0.530. The Morgan fingerprint density at radius 3 is 2.56 bits per heavy atom. The van der Waals surface area contributed by atoms with Crippen LogP contribution < -0.4 is 4.90 Å². The van der Waals surface area contributed by atoms with Crippen LogP contribution in [0.25, 0.3) is 0 Å². The van der Waals surface area contributed by atoms with Crippen LogP contribution >= 0.6 is 0 Å². The van der Waals surface area contributed by atoms with Gasteiger partial charge in [-0.2, -0.15) is 5.26 Å². The third-order valence-corrected chi connectivity index (χ3v) is 4.00. The number of pyridine rings is 1. The molecular weight excluding hydrogens is 222 g/mol. The van der Waals surface area contributed by atoms with E-state index in [1.807, 2.05) is 19.1 Å². The first kappa shape index (κ1) is 12.9. The minimum absolute atomic E-state index is 0.530. The molecular formula is C15H21N3. The summed E-state index contributed by atoms with van der Waals surface area (Å²) in [4.78, 5) is 6.75. The fourth-order valence-electron chi connectivity index (χ4n) is 2.70. The average molecular weight is 243 g/mol. The zero-order valence-electron chi connectivity index (χ0n) is 11.5.